The number of benzene rings is 1. The fourth-order valence-corrected chi connectivity index (χ4v) is 3.42. The summed E-state index contributed by atoms with van der Waals surface area (Å²) in [5, 5.41) is 13.7. The first-order valence-corrected chi connectivity index (χ1v) is 8.75. The molecule has 1 aromatic rings. The van der Waals surface area contributed by atoms with Crippen LogP contribution in [0.5, 0.6) is 0 Å². The van der Waals surface area contributed by atoms with Gasteiger partial charge < -0.3 is 10.2 Å². The van der Waals surface area contributed by atoms with Crippen molar-refractivity contribution < 1.29 is 14.5 Å². The molecule has 2 fully saturated rings. The average Bonchev–Trinajstić information content (AvgIpc) is 3.32. The van der Waals surface area contributed by atoms with Crippen molar-refractivity contribution in [3.63, 3.8) is 0 Å². The Morgan fingerprint density at radius 2 is 2.04 bits per heavy atom. The number of aryl methyl sites for hydroxylation is 1. The number of carbonyl (C=O) groups is 2. The molecule has 1 saturated heterocycles. The zero-order valence-corrected chi connectivity index (χ0v) is 14.5. The van der Waals surface area contributed by atoms with Gasteiger partial charge in [0.25, 0.3) is 5.69 Å². The summed E-state index contributed by atoms with van der Waals surface area (Å²) in [7, 11) is 0. The first kappa shape index (κ1) is 17.4. The molecular weight excluding hydrogens is 322 g/mol. The van der Waals surface area contributed by atoms with E-state index < -0.39 is 11.0 Å². The van der Waals surface area contributed by atoms with E-state index in [1.165, 1.54) is 12.1 Å². The third kappa shape index (κ3) is 3.65. The van der Waals surface area contributed by atoms with Crippen molar-refractivity contribution in [2.75, 3.05) is 11.9 Å². The summed E-state index contributed by atoms with van der Waals surface area (Å²) < 4.78 is 0. The minimum absolute atomic E-state index is 0.0490. The number of hydrogen-bond donors (Lipinski definition) is 1. The van der Waals surface area contributed by atoms with Crippen LogP contribution in [0.2, 0.25) is 0 Å². The van der Waals surface area contributed by atoms with E-state index in [9.17, 15) is 19.7 Å². The van der Waals surface area contributed by atoms with E-state index in [1.807, 2.05) is 6.92 Å². The second-order valence-corrected chi connectivity index (χ2v) is 7.11. The van der Waals surface area contributed by atoms with Crippen LogP contribution < -0.4 is 5.32 Å². The van der Waals surface area contributed by atoms with E-state index in [0.29, 0.717) is 24.6 Å². The molecule has 7 heteroatoms. The van der Waals surface area contributed by atoms with Crippen LogP contribution in [0.25, 0.3) is 0 Å². The molecule has 1 aromatic carbocycles. The lowest BCUT2D eigenvalue weighted by molar-refractivity contribution is -0.384. The molecule has 134 valence electrons. The second kappa shape index (κ2) is 6.82. The molecule has 3 rings (SSSR count). The largest absolute Gasteiger partial charge is 0.330 e. The summed E-state index contributed by atoms with van der Waals surface area (Å²) in [6.45, 7) is 4.44. The van der Waals surface area contributed by atoms with Crippen LogP contribution in [-0.2, 0) is 9.59 Å². The molecule has 0 spiro atoms. The maximum atomic E-state index is 12.8. The number of piperidine rings is 1. The van der Waals surface area contributed by atoms with Gasteiger partial charge in [-0.25, -0.2) is 0 Å². The molecule has 0 bridgehead atoms. The first-order chi connectivity index (χ1) is 11.9. The third-order valence-corrected chi connectivity index (χ3v) is 5.21. The van der Waals surface area contributed by atoms with E-state index in [1.54, 1.807) is 17.9 Å². The van der Waals surface area contributed by atoms with Crippen molar-refractivity contribution in [2.24, 2.45) is 11.8 Å². The van der Waals surface area contributed by atoms with Gasteiger partial charge in [0.2, 0.25) is 11.8 Å². The van der Waals surface area contributed by atoms with E-state index in [2.05, 4.69) is 5.32 Å². The van der Waals surface area contributed by atoms with Crippen molar-refractivity contribution >= 4 is 23.2 Å². The van der Waals surface area contributed by atoms with Crippen LogP contribution in [0.3, 0.4) is 0 Å². The van der Waals surface area contributed by atoms with Gasteiger partial charge in [0.05, 0.1) is 10.6 Å². The molecule has 0 unspecified atom stereocenters. The van der Waals surface area contributed by atoms with Gasteiger partial charge in [0.15, 0.2) is 0 Å². The summed E-state index contributed by atoms with van der Waals surface area (Å²) in [6, 6.07) is 3.90. The van der Waals surface area contributed by atoms with Crippen LogP contribution in [-0.4, -0.2) is 34.2 Å². The summed E-state index contributed by atoms with van der Waals surface area (Å²) in [5.74, 6) is 0.262. The quantitative estimate of drug-likeness (QED) is 0.671. The molecule has 1 N–H and O–H groups in total. The zero-order chi connectivity index (χ0) is 18.1. The first-order valence-electron chi connectivity index (χ1n) is 8.75. The predicted molar refractivity (Wildman–Crippen MR) is 93.1 cm³/mol. The number of nitrogens with one attached hydrogen (secondary N) is 1. The number of hydrogen-bond acceptors (Lipinski definition) is 4. The molecule has 25 heavy (non-hydrogen) atoms. The highest BCUT2D eigenvalue weighted by molar-refractivity contribution is 5.98. The number of anilines is 1. The number of nitro groups is 1. The highest BCUT2D eigenvalue weighted by atomic mass is 16.6. The van der Waals surface area contributed by atoms with Crippen molar-refractivity contribution in [1.82, 2.24) is 4.90 Å². The number of nitro benzene ring substituents is 1. The highest BCUT2D eigenvalue weighted by Crippen LogP contribution is 2.40. The Balaban J connectivity index is 1.76. The SMILES string of the molecule is Cc1ccc([N+](=O)[O-])cc1NC(=O)[C@H]1CCCCN1C(=O)[C@@H]1C[C@@H]1C. The molecular formula is C18H23N3O4. The van der Waals surface area contributed by atoms with Gasteiger partial charge in [-0.2, -0.15) is 0 Å². The number of rotatable bonds is 4. The molecule has 1 aliphatic heterocycles. The molecule has 7 nitrogen and oxygen atoms in total. The van der Waals surface area contributed by atoms with Crippen LogP contribution in [0.15, 0.2) is 18.2 Å². The number of amides is 2. The maximum absolute atomic E-state index is 12.8. The highest BCUT2D eigenvalue weighted by Gasteiger charge is 2.44. The molecule has 0 aromatic heterocycles. The Labute approximate surface area is 146 Å². The standard InChI is InChI=1S/C18H23N3O4/c1-11-6-7-13(21(24)25)10-15(11)19-17(22)16-5-3-4-8-20(16)18(23)14-9-12(14)2/h6-7,10,12,14,16H,3-5,8-9H2,1-2H3,(H,19,22)/t12-,14+,16+/m0/s1. The van der Waals surface area contributed by atoms with Crippen molar-refractivity contribution in [3.8, 4) is 0 Å². The van der Waals surface area contributed by atoms with E-state index >= 15 is 0 Å². The third-order valence-electron chi connectivity index (χ3n) is 5.21. The van der Waals surface area contributed by atoms with Gasteiger partial charge >= 0.3 is 0 Å². The van der Waals surface area contributed by atoms with Crippen molar-refractivity contribution in [3.05, 3.63) is 33.9 Å². The van der Waals surface area contributed by atoms with Gasteiger partial charge in [-0.05, 0) is 44.1 Å². The lowest BCUT2D eigenvalue weighted by Gasteiger charge is -2.35. The smallest absolute Gasteiger partial charge is 0.271 e. The summed E-state index contributed by atoms with van der Waals surface area (Å²) in [5.41, 5.74) is 1.12. The fraction of sp³-hybridized carbons (Fsp3) is 0.556. The fourth-order valence-electron chi connectivity index (χ4n) is 3.42. The molecule has 3 atom stereocenters. The lowest BCUT2D eigenvalue weighted by Crippen LogP contribution is -2.50. The zero-order valence-electron chi connectivity index (χ0n) is 14.5. The summed E-state index contributed by atoms with van der Waals surface area (Å²) in [4.78, 5) is 37.5. The maximum Gasteiger partial charge on any atom is 0.271 e. The van der Waals surface area contributed by atoms with Crippen LogP contribution in [0, 0.1) is 28.9 Å². The van der Waals surface area contributed by atoms with Gasteiger partial charge in [0, 0.05) is 24.6 Å². The number of non-ortho nitro benzene ring substituents is 1. The van der Waals surface area contributed by atoms with Gasteiger partial charge in [-0.15, -0.1) is 0 Å². The Kier molecular flexibility index (Phi) is 4.74. The number of carbonyl (C=O) groups excluding carboxylic acids is 2. The number of nitrogens with zero attached hydrogens (tertiary/aromatic N) is 2. The summed E-state index contributed by atoms with van der Waals surface area (Å²) in [6.07, 6.45) is 3.34. The molecule has 1 saturated carbocycles. The number of likely N-dealkylation sites (tertiary alicyclic amines) is 1. The Morgan fingerprint density at radius 1 is 1.32 bits per heavy atom. The van der Waals surface area contributed by atoms with Crippen LogP contribution in [0.4, 0.5) is 11.4 Å². The molecule has 2 aliphatic rings. The van der Waals surface area contributed by atoms with E-state index in [4.69, 9.17) is 0 Å². The summed E-state index contributed by atoms with van der Waals surface area (Å²) >= 11 is 0. The van der Waals surface area contributed by atoms with Crippen LogP contribution in [0.1, 0.15) is 38.2 Å². The monoisotopic (exact) mass is 345 g/mol. The van der Waals surface area contributed by atoms with E-state index in [0.717, 1.165) is 24.8 Å². The minimum atomic E-state index is -0.493. The molecule has 1 aliphatic carbocycles. The van der Waals surface area contributed by atoms with Crippen LogP contribution >= 0.6 is 0 Å². The molecule has 0 radical (unpaired) electrons. The lowest BCUT2D eigenvalue weighted by atomic mass is 10.00. The van der Waals surface area contributed by atoms with Gasteiger partial charge in [0.1, 0.15) is 6.04 Å². The average molecular weight is 345 g/mol. The Hall–Kier alpha value is -2.44. The minimum Gasteiger partial charge on any atom is -0.330 e. The topological polar surface area (TPSA) is 92.6 Å². The molecule has 1 heterocycles. The second-order valence-electron chi connectivity index (χ2n) is 7.11. The predicted octanol–water partition coefficient (Wildman–Crippen LogP) is 2.88. The Morgan fingerprint density at radius 3 is 2.68 bits per heavy atom. The normalized spacial score (nSPS) is 25.4. The van der Waals surface area contributed by atoms with Gasteiger partial charge in [-0.1, -0.05) is 13.0 Å². The Bertz CT molecular complexity index is 718. The van der Waals surface area contributed by atoms with Crippen molar-refractivity contribution in [1.29, 1.82) is 0 Å². The molecule has 2 amide bonds. The van der Waals surface area contributed by atoms with Crippen molar-refractivity contribution in [2.45, 2.75) is 45.6 Å². The van der Waals surface area contributed by atoms with Gasteiger partial charge in [-0.3, -0.25) is 19.7 Å². The van der Waals surface area contributed by atoms with E-state index in [-0.39, 0.29) is 23.4 Å².